The zero-order chi connectivity index (χ0) is 34.2. The summed E-state index contributed by atoms with van der Waals surface area (Å²) in [7, 11) is 0. The van der Waals surface area contributed by atoms with Crippen molar-refractivity contribution in [3.63, 3.8) is 0 Å². The predicted octanol–water partition coefficient (Wildman–Crippen LogP) is 4.51. The summed E-state index contributed by atoms with van der Waals surface area (Å²) in [6, 6.07) is 34.9. The lowest BCUT2D eigenvalue weighted by Crippen LogP contribution is -2.06. The summed E-state index contributed by atoms with van der Waals surface area (Å²) < 4.78 is 15.2. The number of nitrogens with one attached hydrogen (secondary N) is 2. The van der Waals surface area contributed by atoms with E-state index >= 15 is 0 Å². The highest BCUT2D eigenvalue weighted by atomic mass is 16.5. The lowest BCUT2D eigenvalue weighted by molar-refractivity contribution is 0.247. The summed E-state index contributed by atoms with van der Waals surface area (Å²) in [5, 5.41) is 38.9. The van der Waals surface area contributed by atoms with Gasteiger partial charge < -0.3 is 9.47 Å². The largest absolute Gasteiger partial charge is 0.493 e. The van der Waals surface area contributed by atoms with Gasteiger partial charge in [-0.3, -0.25) is 10.2 Å². The number of aromatic amines is 2. The third-order valence-electron chi connectivity index (χ3n) is 7.84. The Balaban J connectivity index is 0.781. The van der Waals surface area contributed by atoms with Gasteiger partial charge in [-0.05, 0) is 69.4 Å². The van der Waals surface area contributed by atoms with E-state index in [9.17, 15) is 0 Å². The molecule has 0 spiro atoms. The van der Waals surface area contributed by atoms with E-state index < -0.39 is 0 Å². The average molecular weight is 679 g/mol. The summed E-state index contributed by atoms with van der Waals surface area (Å²) in [6.45, 7) is 1.73. The average Bonchev–Trinajstić information content (AvgIpc) is 4.02. The molecule has 16 nitrogen and oxygen atoms in total. The van der Waals surface area contributed by atoms with Gasteiger partial charge in [-0.2, -0.15) is 10.2 Å². The van der Waals surface area contributed by atoms with Crippen molar-refractivity contribution in [2.24, 2.45) is 0 Å². The fourth-order valence-electron chi connectivity index (χ4n) is 5.32. The maximum absolute atomic E-state index is 5.93. The summed E-state index contributed by atoms with van der Waals surface area (Å²) in [5.74, 6) is 5.27. The maximum Gasteiger partial charge on any atom is 0.182 e. The van der Waals surface area contributed by atoms with Crippen molar-refractivity contribution in [1.29, 1.82) is 0 Å². The van der Waals surface area contributed by atoms with Crippen molar-refractivity contribution in [2.75, 3.05) is 13.2 Å². The first-order chi connectivity index (χ1) is 25.2. The molecule has 8 aromatic rings. The van der Waals surface area contributed by atoms with Gasteiger partial charge in [0, 0.05) is 28.7 Å². The second-order valence-corrected chi connectivity index (χ2v) is 11.4. The minimum atomic E-state index is 0.361. The molecule has 0 amide bonds. The highest BCUT2D eigenvalue weighted by molar-refractivity contribution is 5.58. The van der Waals surface area contributed by atoms with E-state index in [2.05, 4.69) is 61.4 Å². The molecule has 0 saturated carbocycles. The highest BCUT2D eigenvalue weighted by Crippen LogP contribution is 2.23. The summed E-state index contributed by atoms with van der Waals surface area (Å²) in [4.78, 5) is 9.26. The molecule has 0 unspecified atom stereocenters. The molecule has 0 radical (unpaired) electrons. The third-order valence-corrected chi connectivity index (χ3v) is 7.84. The summed E-state index contributed by atoms with van der Waals surface area (Å²) in [6.07, 6.45) is 0.711. The quantitative estimate of drug-likeness (QED) is 0.153. The Morgan fingerprint density at radius 2 is 0.922 bits per heavy atom. The van der Waals surface area contributed by atoms with Crippen LogP contribution >= 0.6 is 0 Å². The summed E-state index contributed by atoms with van der Waals surface area (Å²) >= 11 is 0. The molecular weight excluding hydrogens is 648 g/mol. The highest BCUT2D eigenvalue weighted by Gasteiger charge is 2.14. The maximum atomic E-state index is 5.93. The molecule has 4 heterocycles. The Morgan fingerprint density at radius 3 is 1.35 bits per heavy atom. The van der Waals surface area contributed by atoms with Crippen LogP contribution < -0.4 is 9.47 Å². The van der Waals surface area contributed by atoms with Crippen LogP contribution in [0, 0.1) is 0 Å². The SMILES string of the molecule is c1ccc(-c2nnnn2Cc2nc(-c3ccc(OCCCOc4ccc(-c5n[nH]c(Cn6nnnc6-c6ccccc6)n5)cc4)cc3)n[nH]2)cc1. The van der Waals surface area contributed by atoms with E-state index in [1.54, 1.807) is 9.36 Å². The van der Waals surface area contributed by atoms with Gasteiger partial charge in [0.1, 0.15) is 36.2 Å². The molecule has 0 aliphatic carbocycles. The van der Waals surface area contributed by atoms with Crippen LogP contribution in [0.2, 0.25) is 0 Å². The Morgan fingerprint density at radius 1 is 0.490 bits per heavy atom. The van der Waals surface area contributed by atoms with Crippen molar-refractivity contribution in [1.82, 2.24) is 70.8 Å². The van der Waals surface area contributed by atoms with Gasteiger partial charge in [0.15, 0.2) is 23.3 Å². The van der Waals surface area contributed by atoms with Gasteiger partial charge in [0.25, 0.3) is 0 Å². The lowest BCUT2D eigenvalue weighted by atomic mass is 10.2. The number of hydrogen-bond donors (Lipinski definition) is 2. The first-order valence-corrected chi connectivity index (χ1v) is 16.2. The molecule has 0 fully saturated rings. The number of tetrazole rings is 2. The van der Waals surface area contributed by atoms with Gasteiger partial charge >= 0.3 is 0 Å². The van der Waals surface area contributed by atoms with Crippen molar-refractivity contribution < 1.29 is 9.47 Å². The number of H-pyrrole nitrogens is 2. The van der Waals surface area contributed by atoms with Crippen molar-refractivity contribution in [3.05, 3.63) is 121 Å². The molecule has 252 valence electrons. The Hall–Kier alpha value is -7.10. The zero-order valence-corrected chi connectivity index (χ0v) is 27.1. The fraction of sp³-hybridized carbons (Fsp3) is 0.143. The van der Waals surface area contributed by atoms with Crippen molar-refractivity contribution in [3.8, 4) is 57.1 Å². The second kappa shape index (κ2) is 14.6. The monoisotopic (exact) mass is 678 g/mol. The standard InChI is InChI=1S/C35H30N14O2/c1-3-8-26(9-4-1)34-42-44-46-48(34)22-30-36-32(40-38-30)24-12-16-28(17-13-24)50-20-7-21-51-29-18-14-25(15-19-29)33-37-31(39-41-33)23-49-35(43-45-47-49)27-10-5-2-6-11-27/h1-6,8-19H,7,20-23H2,(H,36,38,40)(H,37,39,41). The van der Waals surface area contributed by atoms with Gasteiger partial charge in [0.2, 0.25) is 0 Å². The van der Waals surface area contributed by atoms with E-state index in [1.165, 1.54) is 0 Å². The first kappa shape index (κ1) is 31.2. The van der Waals surface area contributed by atoms with Crippen LogP contribution in [0.15, 0.2) is 109 Å². The fourth-order valence-corrected chi connectivity index (χ4v) is 5.32. The molecule has 0 aliphatic rings. The summed E-state index contributed by atoms with van der Waals surface area (Å²) in [5.41, 5.74) is 3.58. The number of aromatic nitrogens is 14. The van der Waals surface area contributed by atoms with Crippen LogP contribution in [-0.4, -0.2) is 84.0 Å². The zero-order valence-electron chi connectivity index (χ0n) is 27.1. The smallest absolute Gasteiger partial charge is 0.182 e. The van der Waals surface area contributed by atoms with E-state index in [1.807, 2.05) is 109 Å². The topological polar surface area (TPSA) is 189 Å². The normalized spacial score (nSPS) is 11.1. The van der Waals surface area contributed by atoms with Crippen LogP contribution in [0.3, 0.4) is 0 Å². The molecule has 16 heteroatoms. The molecule has 4 aromatic heterocycles. The molecule has 0 bridgehead atoms. The molecule has 8 rings (SSSR count). The van der Waals surface area contributed by atoms with Crippen LogP contribution in [0.4, 0.5) is 0 Å². The van der Waals surface area contributed by atoms with E-state index in [0.29, 0.717) is 67.7 Å². The number of hydrogen-bond acceptors (Lipinski definition) is 12. The van der Waals surface area contributed by atoms with Crippen LogP contribution in [0.25, 0.3) is 45.6 Å². The van der Waals surface area contributed by atoms with E-state index in [4.69, 9.17) is 9.47 Å². The van der Waals surface area contributed by atoms with Gasteiger partial charge in [-0.25, -0.2) is 19.3 Å². The molecule has 4 aromatic carbocycles. The molecule has 0 aliphatic heterocycles. The first-order valence-electron chi connectivity index (χ1n) is 16.2. The molecule has 0 saturated heterocycles. The Kier molecular flexibility index (Phi) is 8.91. The Labute approximate surface area is 290 Å². The molecule has 2 N–H and O–H groups in total. The van der Waals surface area contributed by atoms with Crippen LogP contribution in [0.1, 0.15) is 18.1 Å². The number of rotatable bonds is 14. The number of nitrogens with zero attached hydrogens (tertiary/aromatic N) is 12. The van der Waals surface area contributed by atoms with Gasteiger partial charge in [0.05, 0.1) is 13.2 Å². The molecular formula is C35H30N14O2. The molecule has 0 atom stereocenters. The number of benzene rings is 4. The van der Waals surface area contributed by atoms with Crippen molar-refractivity contribution >= 4 is 0 Å². The minimum absolute atomic E-state index is 0.361. The minimum Gasteiger partial charge on any atom is -0.493 e. The number of ether oxygens (including phenoxy) is 2. The van der Waals surface area contributed by atoms with Crippen LogP contribution in [0.5, 0.6) is 11.5 Å². The van der Waals surface area contributed by atoms with Gasteiger partial charge in [-0.15, -0.1) is 10.2 Å². The Bertz CT molecular complexity index is 2130. The van der Waals surface area contributed by atoms with Crippen molar-refractivity contribution in [2.45, 2.75) is 19.5 Å². The van der Waals surface area contributed by atoms with E-state index in [-0.39, 0.29) is 0 Å². The third kappa shape index (κ3) is 7.34. The second-order valence-electron chi connectivity index (χ2n) is 11.4. The van der Waals surface area contributed by atoms with E-state index in [0.717, 1.165) is 33.8 Å². The van der Waals surface area contributed by atoms with Gasteiger partial charge in [-0.1, -0.05) is 60.7 Å². The predicted molar refractivity (Wildman–Crippen MR) is 184 cm³/mol. The van der Waals surface area contributed by atoms with Crippen LogP contribution in [-0.2, 0) is 13.1 Å². The molecule has 51 heavy (non-hydrogen) atoms. The lowest BCUT2D eigenvalue weighted by Gasteiger charge is -2.08.